The first-order valence-corrected chi connectivity index (χ1v) is 19.5. The molecule has 1 N–H and O–H groups in total. The maximum Gasteiger partial charge on any atom is 0.410 e. The predicted molar refractivity (Wildman–Crippen MR) is 190 cm³/mol. The number of nitrogens with one attached hydrogen (secondary N) is 1. The van der Waals surface area contributed by atoms with Gasteiger partial charge >= 0.3 is 6.09 Å². The first kappa shape index (κ1) is 35.1. The van der Waals surface area contributed by atoms with Crippen LogP contribution in [0, 0.1) is 11.8 Å². The molecule has 0 radical (unpaired) electrons. The number of sulfonamides is 1. The molecule has 7 rings (SSSR count). The number of hydrogen-bond acceptors (Lipinski definition) is 9. The zero-order chi connectivity index (χ0) is 35.3. The van der Waals surface area contributed by atoms with E-state index in [4.69, 9.17) is 25.8 Å². The van der Waals surface area contributed by atoms with Gasteiger partial charge in [0.2, 0.25) is 0 Å². The third-order valence-electron chi connectivity index (χ3n) is 11.3. The summed E-state index contributed by atoms with van der Waals surface area (Å²) in [4.78, 5) is 33.0. The Hall–Kier alpha value is -3.32. The number of carbonyl (C=O) groups excluding carboxylic acids is 2. The lowest BCUT2D eigenvalue weighted by Gasteiger charge is -2.46. The second-order valence-electron chi connectivity index (χ2n) is 15.1. The minimum atomic E-state index is -4.24. The molecule has 13 heteroatoms. The fourth-order valence-electron chi connectivity index (χ4n) is 8.06. The highest BCUT2D eigenvalue weighted by Crippen LogP contribution is 2.47. The van der Waals surface area contributed by atoms with E-state index in [0.29, 0.717) is 49.2 Å². The lowest BCUT2D eigenvalue weighted by molar-refractivity contribution is -0.139. The van der Waals surface area contributed by atoms with Gasteiger partial charge in [-0.05, 0) is 106 Å². The fourth-order valence-corrected chi connectivity index (χ4v) is 9.38. The Morgan fingerprint density at radius 1 is 1.08 bits per heavy atom. The number of likely N-dealkylation sites (N-methyl/N-ethyl adjacent to an activating group) is 1. The summed E-state index contributed by atoms with van der Waals surface area (Å²) in [6.45, 7) is 7.54. The van der Waals surface area contributed by atoms with Gasteiger partial charge in [0.1, 0.15) is 17.5 Å². The van der Waals surface area contributed by atoms with Gasteiger partial charge < -0.3 is 28.9 Å². The molecule has 2 amide bonds. The van der Waals surface area contributed by atoms with E-state index in [1.165, 1.54) is 31.0 Å². The predicted octanol–water partition coefficient (Wildman–Crippen LogP) is 4.76. The maximum atomic E-state index is 13.7. The lowest BCUT2D eigenvalue weighted by atomic mass is 9.68. The van der Waals surface area contributed by atoms with Crippen LogP contribution in [-0.2, 0) is 36.1 Å². The van der Waals surface area contributed by atoms with Gasteiger partial charge in [-0.15, -0.1) is 0 Å². The average Bonchev–Trinajstić information content (AvgIpc) is 3.21. The summed E-state index contributed by atoms with van der Waals surface area (Å²) >= 11 is 6.44. The van der Waals surface area contributed by atoms with E-state index in [1.54, 1.807) is 23.1 Å². The molecule has 1 saturated carbocycles. The smallest absolute Gasteiger partial charge is 0.410 e. The lowest BCUT2D eigenvalue weighted by Crippen LogP contribution is -2.51. The molecule has 1 spiro atoms. The highest BCUT2D eigenvalue weighted by molar-refractivity contribution is 7.90. The normalized spacial score (nSPS) is 29.4. The third kappa shape index (κ3) is 6.96. The zero-order valence-corrected chi connectivity index (χ0v) is 30.6. The molecule has 3 heterocycles. The SMILES string of the molecule is CN1CCN(C(=O)O[C@H]2C=CCOC(C)(C)C(=O)NS(=O)(=O)c3ccc4c(c3)N(C[C@@H]3CC[C@H]32)C[C@@]2(CCCc3cc(Cl)ccc32)CO4)CC1. The van der Waals surface area contributed by atoms with Crippen LogP contribution in [0.3, 0.4) is 0 Å². The number of fused-ring (bicyclic) bond motifs is 4. The van der Waals surface area contributed by atoms with Crippen molar-refractivity contribution in [3.05, 3.63) is 64.7 Å². The molecule has 11 nitrogen and oxygen atoms in total. The largest absolute Gasteiger partial charge is 0.490 e. The number of anilines is 1. The van der Waals surface area contributed by atoms with E-state index in [9.17, 15) is 18.0 Å². The molecule has 1 saturated heterocycles. The number of ether oxygens (including phenoxy) is 3. The minimum absolute atomic E-state index is 0.0306. The topological polar surface area (TPSA) is 118 Å². The van der Waals surface area contributed by atoms with Crippen molar-refractivity contribution in [1.29, 1.82) is 0 Å². The van der Waals surface area contributed by atoms with Crippen LogP contribution < -0.4 is 14.4 Å². The van der Waals surface area contributed by atoms with E-state index < -0.39 is 27.6 Å². The molecular weight excluding hydrogens is 680 g/mol. The molecule has 2 aliphatic carbocycles. The van der Waals surface area contributed by atoms with Crippen molar-refractivity contribution in [1.82, 2.24) is 14.5 Å². The number of piperazine rings is 1. The molecule has 3 aliphatic heterocycles. The third-order valence-corrected chi connectivity index (χ3v) is 12.9. The molecule has 5 aliphatic rings. The van der Waals surface area contributed by atoms with Gasteiger partial charge in [0.25, 0.3) is 15.9 Å². The van der Waals surface area contributed by atoms with Crippen molar-refractivity contribution in [2.24, 2.45) is 11.8 Å². The summed E-state index contributed by atoms with van der Waals surface area (Å²) in [5.41, 5.74) is 1.28. The molecule has 50 heavy (non-hydrogen) atoms. The zero-order valence-electron chi connectivity index (χ0n) is 29.0. The monoisotopic (exact) mass is 726 g/mol. The Balaban J connectivity index is 1.27. The van der Waals surface area contributed by atoms with Gasteiger partial charge in [0, 0.05) is 55.6 Å². The van der Waals surface area contributed by atoms with Crippen LogP contribution in [0.4, 0.5) is 10.5 Å². The molecule has 2 fully saturated rings. The standard InChI is InChI=1S/C37H47ClN4O7S/c1-36(2)34(43)39-50(45,46)28-10-13-33-31(21-28)42(23-37(24-47-33)14-4-6-25-20-27(38)9-12-30(25)37)22-26-8-11-29(26)32(7-5-19-48-36)49-35(44)41-17-15-40(3)16-18-41/h5,7,9-10,12-13,20-21,26,29,32H,4,6,8,11,14-19,22-24H2,1-3H3,(H,39,43)/t26-,29+,32-,37-/m0/s1. The van der Waals surface area contributed by atoms with Crippen LogP contribution in [0.15, 0.2) is 53.4 Å². The Morgan fingerprint density at radius 2 is 1.88 bits per heavy atom. The van der Waals surface area contributed by atoms with Crippen molar-refractivity contribution in [2.75, 3.05) is 64.4 Å². The van der Waals surface area contributed by atoms with Gasteiger partial charge in [0.15, 0.2) is 0 Å². The van der Waals surface area contributed by atoms with Crippen molar-refractivity contribution in [3.8, 4) is 5.75 Å². The van der Waals surface area contributed by atoms with Crippen molar-refractivity contribution >= 4 is 39.3 Å². The second kappa shape index (κ2) is 13.7. The van der Waals surface area contributed by atoms with Gasteiger partial charge in [-0.25, -0.2) is 17.9 Å². The van der Waals surface area contributed by atoms with Crippen LogP contribution >= 0.6 is 11.6 Å². The first-order chi connectivity index (χ1) is 23.8. The number of benzene rings is 2. The number of carbonyl (C=O) groups is 2. The van der Waals surface area contributed by atoms with Crippen LogP contribution in [0.25, 0.3) is 0 Å². The van der Waals surface area contributed by atoms with E-state index in [1.807, 2.05) is 19.2 Å². The highest BCUT2D eigenvalue weighted by atomic mass is 35.5. The summed E-state index contributed by atoms with van der Waals surface area (Å²) in [5, 5.41) is 0.705. The molecular formula is C37H47ClN4O7S. The summed E-state index contributed by atoms with van der Waals surface area (Å²) in [6, 6.07) is 10.9. The molecule has 2 aromatic carbocycles. The number of rotatable bonds is 1. The highest BCUT2D eigenvalue weighted by Gasteiger charge is 2.45. The molecule has 0 unspecified atom stereocenters. The average molecular weight is 727 g/mol. The molecule has 4 atom stereocenters. The number of hydrogen-bond donors (Lipinski definition) is 1. The molecule has 270 valence electrons. The van der Waals surface area contributed by atoms with Crippen molar-refractivity contribution in [3.63, 3.8) is 0 Å². The summed E-state index contributed by atoms with van der Waals surface area (Å²) < 4.78 is 48.2. The van der Waals surface area contributed by atoms with Crippen molar-refractivity contribution in [2.45, 2.75) is 68.0 Å². The fraction of sp³-hybridized carbons (Fsp3) is 0.568. The summed E-state index contributed by atoms with van der Waals surface area (Å²) in [6.07, 6.45) is 7.46. The maximum absolute atomic E-state index is 13.7. The number of aryl methyl sites for hydroxylation is 1. The van der Waals surface area contributed by atoms with E-state index in [2.05, 4.69) is 26.7 Å². The Morgan fingerprint density at radius 3 is 2.64 bits per heavy atom. The van der Waals surface area contributed by atoms with Crippen molar-refractivity contribution < 1.29 is 32.2 Å². The van der Waals surface area contributed by atoms with E-state index in [-0.39, 0.29) is 34.8 Å². The van der Waals surface area contributed by atoms with Crippen LogP contribution in [0.5, 0.6) is 5.75 Å². The first-order valence-electron chi connectivity index (χ1n) is 17.7. The number of halogens is 1. The molecule has 0 aromatic heterocycles. The van der Waals surface area contributed by atoms with E-state index in [0.717, 1.165) is 45.2 Å². The van der Waals surface area contributed by atoms with Crippen LogP contribution in [-0.4, -0.2) is 101 Å². The van der Waals surface area contributed by atoms with Crippen LogP contribution in [0.1, 0.15) is 50.7 Å². The Kier molecular flexibility index (Phi) is 9.59. The van der Waals surface area contributed by atoms with Gasteiger partial charge in [-0.3, -0.25) is 4.79 Å². The van der Waals surface area contributed by atoms with Gasteiger partial charge in [0.05, 0.1) is 23.8 Å². The van der Waals surface area contributed by atoms with Gasteiger partial charge in [-0.1, -0.05) is 23.7 Å². The minimum Gasteiger partial charge on any atom is -0.490 e. The summed E-state index contributed by atoms with van der Waals surface area (Å²) in [5.74, 6) is 0.00710. The van der Waals surface area contributed by atoms with Gasteiger partial charge in [-0.2, -0.15) is 0 Å². The number of nitrogens with zero attached hydrogens (tertiary/aromatic N) is 3. The van der Waals surface area contributed by atoms with Crippen LogP contribution in [0.2, 0.25) is 5.02 Å². The molecule has 2 bridgehead atoms. The Bertz CT molecular complexity index is 1780. The quantitative estimate of drug-likeness (QED) is 0.415. The summed E-state index contributed by atoms with van der Waals surface area (Å²) in [7, 11) is -2.19. The molecule has 2 aromatic rings. The number of amides is 2. The Labute approximate surface area is 299 Å². The van der Waals surface area contributed by atoms with E-state index >= 15 is 0 Å². The second-order valence-corrected chi connectivity index (χ2v) is 17.2.